The molecule has 0 aliphatic carbocycles. The van der Waals surface area contributed by atoms with Crippen molar-refractivity contribution >= 4 is 16.9 Å². The fraction of sp³-hybridized carbons (Fsp3) is 0.500. The van der Waals surface area contributed by atoms with Gasteiger partial charge in [-0.2, -0.15) is 0 Å². The molecule has 1 aromatic carbocycles. The summed E-state index contributed by atoms with van der Waals surface area (Å²) in [5.74, 6) is 0.210. The average Bonchev–Trinajstić information content (AvgIpc) is 2.83. The number of aromatic nitrogens is 2. The van der Waals surface area contributed by atoms with Crippen LogP contribution in [0.25, 0.3) is 11.0 Å². The van der Waals surface area contributed by atoms with Crippen LogP contribution in [0.15, 0.2) is 18.5 Å². The molecule has 1 saturated heterocycles. The molecule has 0 bridgehead atoms. The predicted octanol–water partition coefficient (Wildman–Crippen LogP) is 2.67. The van der Waals surface area contributed by atoms with Crippen LogP contribution in [0, 0.1) is 13.8 Å². The summed E-state index contributed by atoms with van der Waals surface area (Å²) < 4.78 is 1.97. The lowest BCUT2D eigenvalue weighted by molar-refractivity contribution is -0.132. The summed E-state index contributed by atoms with van der Waals surface area (Å²) in [7, 11) is 0. The van der Waals surface area contributed by atoms with Crippen molar-refractivity contribution in [3.8, 4) is 0 Å². The summed E-state index contributed by atoms with van der Waals surface area (Å²) in [6, 6.07) is 4.22. The van der Waals surface area contributed by atoms with Crippen LogP contribution in [0.3, 0.4) is 0 Å². The second-order valence-corrected chi connectivity index (χ2v) is 5.74. The summed E-state index contributed by atoms with van der Waals surface area (Å²) in [6.07, 6.45) is 5.30. The van der Waals surface area contributed by atoms with Gasteiger partial charge in [-0.25, -0.2) is 4.98 Å². The molecule has 3 rings (SSSR count). The molecule has 1 aliphatic heterocycles. The van der Waals surface area contributed by atoms with Crippen LogP contribution in [0.5, 0.6) is 0 Å². The number of hydrogen-bond donors (Lipinski definition) is 0. The number of benzene rings is 1. The monoisotopic (exact) mass is 271 g/mol. The first-order valence-corrected chi connectivity index (χ1v) is 7.35. The van der Waals surface area contributed by atoms with Crippen molar-refractivity contribution in [2.24, 2.45) is 0 Å². The van der Waals surface area contributed by atoms with Gasteiger partial charge in [-0.1, -0.05) is 0 Å². The van der Waals surface area contributed by atoms with Crippen molar-refractivity contribution in [2.45, 2.75) is 39.7 Å². The maximum absolute atomic E-state index is 12.3. The highest BCUT2D eigenvalue weighted by molar-refractivity contribution is 5.81. The van der Waals surface area contributed by atoms with Gasteiger partial charge in [0.05, 0.1) is 17.4 Å². The third-order valence-corrected chi connectivity index (χ3v) is 4.25. The second kappa shape index (κ2) is 5.27. The minimum absolute atomic E-state index is 0.210. The summed E-state index contributed by atoms with van der Waals surface area (Å²) >= 11 is 0. The van der Waals surface area contributed by atoms with E-state index in [0.717, 1.165) is 37.0 Å². The van der Waals surface area contributed by atoms with E-state index >= 15 is 0 Å². The Morgan fingerprint density at radius 3 is 2.60 bits per heavy atom. The van der Waals surface area contributed by atoms with Crippen molar-refractivity contribution in [1.82, 2.24) is 14.5 Å². The molecule has 2 aromatic rings. The van der Waals surface area contributed by atoms with E-state index in [0.29, 0.717) is 6.54 Å². The quantitative estimate of drug-likeness (QED) is 0.842. The first-order valence-electron chi connectivity index (χ1n) is 7.35. The van der Waals surface area contributed by atoms with E-state index in [2.05, 4.69) is 31.0 Å². The number of hydrogen-bond acceptors (Lipinski definition) is 2. The number of aryl methyl sites for hydroxylation is 2. The molecule has 0 atom stereocenters. The average molecular weight is 271 g/mol. The lowest BCUT2D eigenvalue weighted by Crippen LogP contribution is -2.37. The number of rotatable bonds is 2. The highest BCUT2D eigenvalue weighted by atomic mass is 16.2. The lowest BCUT2D eigenvalue weighted by atomic mass is 10.1. The van der Waals surface area contributed by atoms with E-state index in [1.54, 1.807) is 6.33 Å². The van der Waals surface area contributed by atoms with E-state index in [9.17, 15) is 4.79 Å². The van der Waals surface area contributed by atoms with Gasteiger partial charge < -0.3 is 9.47 Å². The van der Waals surface area contributed by atoms with Gasteiger partial charge in [0.1, 0.15) is 6.54 Å². The van der Waals surface area contributed by atoms with E-state index in [4.69, 9.17) is 0 Å². The van der Waals surface area contributed by atoms with E-state index < -0.39 is 0 Å². The molecule has 0 spiro atoms. The molecule has 1 aromatic heterocycles. The minimum atomic E-state index is 0.210. The van der Waals surface area contributed by atoms with Crippen molar-refractivity contribution < 1.29 is 4.79 Å². The largest absolute Gasteiger partial charge is 0.341 e. The SMILES string of the molecule is Cc1cc2ncn(CC(=O)N3CCCCC3)c2cc1C. The third kappa shape index (κ3) is 2.42. The van der Waals surface area contributed by atoms with Crippen molar-refractivity contribution in [3.05, 3.63) is 29.6 Å². The molecule has 106 valence electrons. The number of fused-ring (bicyclic) bond motifs is 1. The Hall–Kier alpha value is -1.84. The molecule has 2 heterocycles. The normalized spacial score (nSPS) is 15.8. The van der Waals surface area contributed by atoms with Gasteiger partial charge in [-0.15, -0.1) is 0 Å². The summed E-state index contributed by atoms with van der Waals surface area (Å²) in [5.41, 5.74) is 4.51. The molecule has 0 saturated carbocycles. The van der Waals surface area contributed by atoms with E-state index in [1.165, 1.54) is 17.5 Å². The zero-order valence-corrected chi connectivity index (χ0v) is 12.2. The Labute approximate surface area is 119 Å². The van der Waals surface area contributed by atoms with E-state index in [-0.39, 0.29) is 5.91 Å². The first-order chi connectivity index (χ1) is 9.65. The fourth-order valence-corrected chi connectivity index (χ4v) is 2.83. The number of carbonyl (C=O) groups is 1. The van der Waals surface area contributed by atoms with Gasteiger partial charge in [-0.05, 0) is 56.4 Å². The number of piperidine rings is 1. The Morgan fingerprint density at radius 2 is 1.85 bits per heavy atom. The van der Waals surface area contributed by atoms with Crippen LogP contribution >= 0.6 is 0 Å². The molecule has 0 radical (unpaired) electrons. The second-order valence-electron chi connectivity index (χ2n) is 5.74. The van der Waals surface area contributed by atoms with Gasteiger partial charge in [0.2, 0.25) is 5.91 Å². The maximum Gasteiger partial charge on any atom is 0.242 e. The summed E-state index contributed by atoms with van der Waals surface area (Å²) in [6.45, 7) is 6.40. The zero-order chi connectivity index (χ0) is 14.1. The fourth-order valence-electron chi connectivity index (χ4n) is 2.83. The Bertz CT molecular complexity index is 638. The smallest absolute Gasteiger partial charge is 0.242 e. The minimum Gasteiger partial charge on any atom is -0.341 e. The van der Waals surface area contributed by atoms with Crippen LogP contribution in [-0.2, 0) is 11.3 Å². The zero-order valence-electron chi connectivity index (χ0n) is 12.2. The summed E-state index contributed by atoms with van der Waals surface area (Å²) in [5, 5.41) is 0. The summed E-state index contributed by atoms with van der Waals surface area (Å²) in [4.78, 5) is 18.7. The highest BCUT2D eigenvalue weighted by Gasteiger charge is 2.17. The molecule has 0 N–H and O–H groups in total. The maximum atomic E-state index is 12.3. The van der Waals surface area contributed by atoms with Crippen LogP contribution < -0.4 is 0 Å². The Balaban J connectivity index is 1.83. The Kier molecular flexibility index (Phi) is 3.47. The van der Waals surface area contributed by atoms with Crippen LogP contribution in [0.1, 0.15) is 30.4 Å². The molecule has 1 fully saturated rings. The molecule has 20 heavy (non-hydrogen) atoms. The predicted molar refractivity (Wildman–Crippen MR) is 79.6 cm³/mol. The van der Waals surface area contributed by atoms with Crippen molar-refractivity contribution in [1.29, 1.82) is 0 Å². The van der Waals surface area contributed by atoms with Crippen LogP contribution in [0.2, 0.25) is 0 Å². The number of nitrogens with zero attached hydrogens (tertiary/aromatic N) is 3. The van der Waals surface area contributed by atoms with Gasteiger partial charge in [0.15, 0.2) is 0 Å². The molecule has 1 amide bonds. The van der Waals surface area contributed by atoms with E-state index in [1.807, 2.05) is 9.47 Å². The number of imidazole rings is 1. The van der Waals surface area contributed by atoms with Gasteiger partial charge in [-0.3, -0.25) is 4.79 Å². The number of amides is 1. The molecule has 4 nitrogen and oxygen atoms in total. The van der Waals surface area contributed by atoms with Crippen LogP contribution in [-0.4, -0.2) is 33.4 Å². The highest BCUT2D eigenvalue weighted by Crippen LogP contribution is 2.19. The van der Waals surface area contributed by atoms with Gasteiger partial charge >= 0.3 is 0 Å². The number of likely N-dealkylation sites (tertiary alicyclic amines) is 1. The molecule has 0 unspecified atom stereocenters. The lowest BCUT2D eigenvalue weighted by Gasteiger charge is -2.26. The van der Waals surface area contributed by atoms with Gasteiger partial charge in [0.25, 0.3) is 0 Å². The van der Waals surface area contributed by atoms with Crippen molar-refractivity contribution in [3.63, 3.8) is 0 Å². The van der Waals surface area contributed by atoms with Crippen LogP contribution in [0.4, 0.5) is 0 Å². The first kappa shape index (κ1) is 13.2. The molecular weight excluding hydrogens is 250 g/mol. The molecule has 4 heteroatoms. The standard InChI is InChI=1S/C16H21N3O/c1-12-8-14-15(9-13(12)2)19(11-17-14)10-16(20)18-6-4-3-5-7-18/h8-9,11H,3-7,10H2,1-2H3. The van der Waals surface area contributed by atoms with Gasteiger partial charge in [0, 0.05) is 13.1 Å². The molecular formula is C16H21N3O. The Morgan fingerprint density at radius 1 is 1.15 bits per heavy atom. The molecule has 1 aliphatic rings. The third-order valence-electron chi connectivity index (χ3n) is 4.25. The topological polar surface area (TPSA) is 38.1 Å². The van der Waals surface area contributed by atoms with Crippen molar-refractivity contribution in [2.75, 3.05) is 13.1 Å². The number of carbonyl (C=O) groups excluding carboxylic acids is 1.